The molecule has 16 nitrogen and oxygen atoms in total. The topological polar surface area (TPSA) is 277 Å². The molecule has 0 spiro atoms. The zero-order valence-electron chi connectivity index (χ0n) is 32.0. The molecule has 0 bridgehead atoms. The Labute approximate surface area is 391 Å². The minimum absolute atomic E-state index is 0. The van der Waals surface area contributed by atoms with Crippen molar-refractivity contribution < 1.29 is 114 Å². The van der Waals surface area contributed by atoms with Gasteiger partial charge in [-0.3, -0.25) is 23.6 Å². The zero-order valence-corrected chi connectivity index (χ0v) is 37.6. The number of rotatable bonds is 11. The normalized spacial score (nSPS) is 12.7. The number of anilines is 1. The fourth-order valence-corrected chi connectivity index (χ4v) is 7.60. The minimum atomic E-state index is -5.01. The number of imide groups is 1. The summed E-state index contributed by atoms with van der Waals surface area (Å²) in [5, 5.41) is 30.6. The van der Waals surface area contributed by atoms with Crippen LogP contribution in [-0.4, -0.2) is 54.6 Å². The van der Waals surface area contributed by atoms with E-state index in [0.717, 1.165) is 45.9 Å². The number of carbonyl (C=O) groups excluding carboxylic acids is 4. The van der Waals surface area contributed by atoms with E-state index in [0.29, 0.717) is 22.5 Å². The van der Waals surface area contributed by atoms with Gasteiger partial charge in [0.1, 0.15) is 4.90 Å². The second-order valence-electron chi connectivity index (χ2n) is 13.2. The van der Waals surface area contributed by atoms with Gasteiger partial charge in [0.2, 0.25) is 0 Å². The van der Waals surface area contributed by atoms with E-state index in [1.807, 2.05) is 36.4 Å². The Kier molecular flexibility index (Phi) is 14.0. The van der Waals surface area contributed by atoms with E-state index in [1.54, 1.807) is 48.6 Å². The van der Waals surface area contributed by atoms with Crippen LogP contribution in [0.3, 0.4) is 0 Å². The molecule has 0 saturated carbocycles. The molecule has 296 valence electrons. The quantitative estimate of drug-likeness (QED) is 0.0341. The Morgan fingerprint density at radius 1 is 0.639 bits per heavy atom. The van der Waals surface area contributed by atoms with Crippen LogP contribution < -0.4 is 75.1 Å². The van der Waals surface area contributed by atoms with E-state index in [-0.39, 0.29) is 98.7 Å². The standard InChI is InChI=1S/C41H28N4O12S2.2Na/c42-37-32-18-31(58(52,53)54)19-33-36(32)34(20-35(37)59(55,56)57)39(47)45(38(33)46)21-23-5-11-29(12-6-23)43-44-30-13-9-26(10-14-30)25-7-3-22(4-8-25)1-2-24-15-27(40(48)49)17-28(16-24)41(50)51;;/h1-20H,21,42H2,(H,48,49)(H,50,51)(H,52,53,54)(H,55,56,57);;/q;2*+1/p-2/b2-1+,44-43?;;. The average molecular weight is 877 g/mol. The molecule has 7 rings (SSSR count). The van der Waals surface area contributed by atoms with Crippen LogP contribution in [0.2, 0.25) is 0 Å². The number of benzene rings is 6. The van der Waals surface area contributed by atoms with Gasteiger partial charge in [-0.05, 0) is 99.6 Å². The molecule has 0 unspecified atom stereocenters. The monoisotopic (exact) mass is 876 g/mol. The van der Waals surface area contributed by atoms with Crippen LogP contribution in [0.25, 0.3) is 34.1 Å². The number of amides is 2. The molecule has 0 radical (unpaired) electrons. The van der Waals surface area contributed by atoms with Crippen LogP contribution in [0.5, 0.6) is 0 Å². The fourth-order valence-electron chi connectivity index (χ4n) is 6.41. The molecule has 6 aromatic carbocycles. The van der Waals surface area contributed by atoms with Gasteiger partial charge in [0, 0.05) is 10.8 Å². The number of azo groups is 1. The second-order valence-corrected chi connectivity index (χ2v) is 16.0. The van der Waals surface area contributed by atoms with Crippen LogP contribution >= 0.6 is 0 Å². The van der Waals surface area contributed by atoms with Crippen LogP contribution in [0.4, 0.5) is 17.1 Å². The summed E-state index contributed by atoms with van der Waals surface area (Å²) in [7, 11) is -9.94. The fraction of sp³-hybridized carbons (Fsp3) is 0.0244. The molecule has 0 fully saturated rings. The third kappa shape index (κ3) is 10.1. The molecule has 20 heteroatoms. The van der Waals surface area contributed by atoms with Crippen LogP contribution in [-0.2, 0) is 26.8 Å². The molecule has 1 aliphatic rings. The van der Waals surface area contributed by atoms with E-state index < -0.39 is 59.5 Å². The summed E-state index contributed by atoms with van der Waals surface area (Å²) < 4.78 is 67.8. The number of hydrogen-bond acceptors (Lipinski definition) is 13. The molecule has 0 atom stereocenters. The summed E-state index contributed by atoms with van der Waals surface area (Å²) in [4.78, 5) is 48.9. The number of nitrogens with zero attached hydrogens (tertiary/aromatic N) is 3. The van der Waals surface area contributed by atoms with Crippen molar-refractivity contribution >= 4 is 84.0 Å². The molecule has 0 saturated heterocycles. The first kappa shape index (κ1) is 46.7. The first-order valence-electron chi connectivity index (χ1n) is 17.1. The minimum Gasteiger partial charge on any atom is -0.545 e. The van der Waals surface area contributed by atoms with E-state index >= 15 is 0 Å². The molecule has 1 heterocycles. The van der Waals surface area contributed by atoms with Gasteiger partial charge in [0.15, 0.2) is 0 Å². The average Bonchev–Trinajstić information content (AvgIpc) is 3.20. The van der Waals surface area contributed by atoms with Gasteiger partial charge >= 0.3 is 59.1 Å². The summed E-state index contributed by atoms with van der Waals surface area (Å²) in [6.45, 7) is -0.333. The van der Waals surface area contributed by atoms with Crippen molar-refractivity contribution in [2.75, 3.05) is 5.73 Å². The summed E-state index contributed by atoms with van der Waals surface area (Å²) in [5.74, 6) is -4.89. The maximum absolute atomic E-state index is 13.6. The van der Waals surface area contributed by atoms with Gasteiger partial charge in [-0.25, -0.2) is 0 Å². The smallest absolute Gasteiger partial charge is 0.545 e. The molecule has 1 aliphatic heterocycles. The molecular weight excluding hydrogens is 851 g/mol. The Bertz CT molecular complexity index is 3010. The van der Waals surface area contributed by atoms with Gasteiger partial charge in [0.25, 0.3) is 32.1 Å². The molecule has 0 aromatic heterocycles. The summed E-state index contributed by atoms with van der Waals surface area (Å²) in [6, 6.07) is 26.9. The Balaban J connectivity index is 0.00000352. The predicted molar refractivity (Wildman–Crippen MR) is 209 cm³/mol. The number of nitrogen functional groups attached to an aromatic ring is 1. The number of carboxylic acid groups (broad SMARTS) is 2. The van der Waals surface area contributed by atoms with Gasteiger partial charge in [-0.2, -0.15) is 27.1 Å². The van der Waals surface area contributed by atoms with Gasteiger partial charge in [0.05, 0.1) is 51.6 Å². The number of hydrogen-bond donors (Lipinski definition) is 3. The maximum Gasteiger partial charge on any atom is 1.00 e. The van der Waals surface area contributed by atoms with Crippen molar-refractivity contribution in [3.63, 3.8) is 0 Å². The number of aromatic carboxylic acids is 2. The van der Waals surface area contributed by atoms with Crippen molar-refractivity contribution in [2.45, 2.75) is 16.3 Å². The molecule has 4 N–H and O–H groups in total. The maximum atomic E-state index is 13.6. The van der Waals surface area contributed by atoms with E-state index in [9.17, 15) is 55.3 Å². The van der Waals surface area contributed by atoms with Crippen molar-refractivity contribution in [3.05, 3.63) is 148 Å². The van der Waals surface area contributed by atoms with Crippen LogP contribution in [0.15, 0.2) is 129 Å². The predicted octanol–water partition coefficient (Wildman–Crippen LogP) is -1.30. The number of carbonyl (C=O) groups is 4. The first-order chi connectivity index (χ1) is 27.9. The Morgan fingerprint density at radius 2 is 1.11 bits per heavy atom. The van der Waals surface area contributed by atoms with Crippen molar-refractivity contribution in [3.8, 4) is 11.1 Å². The third-order valence-electron chi connectivity index (χ3n) is 9.30. The SMILES string of the molecule is Nc1c(S(=O)(=O)O)cc2c3c(cc(S(=O)(=O)O)cc13)C(=O)N(Cc1ccc(N=Nc3ccc(-c4ccc(/C=C/c5cc(C(=O)[O-])cc(C(=O)[O-])c5)cc4)cc3)cc1)C2=O.[Na+].[Na+]. The van der Waals surface area contributed by atoms with Gasteiger partial charge in [-0.1, -0.05) is 60.7 Å². The van der Waals surface area contributed by atoms with E-state index in [2.05, 4.69) is 10.2 Å². The van der Waals surface area contributed by atoms with Crippen molar-refractivity contribution in [1.82, 2.24) is 4.90 Å². The molecule has 61 heavy (non-hydrogen) atoms. The Hall–Kier alpha value is -5.38. The van der Waals surface area contributed by atoms with Gasteiger partial charge < -0.3 is 25.5 Å². The molecule has 0 aliphatic carbocycles. The van der Waals surface area contributed by atoms with Gasteiger partial charge in [-0.15, -0.1) is 0 Å². The summed E-state index contributed by atoms with van der Waals surface area (Å²) in [6.07, 6.45) is 3.28. The van der Waals surface area contributed by atoms with Crippen LogP contribution in [0, 0.1) is 0 Å². The second kappa shape index (κ2) is 18.3. The van der Waals surface area contributed by atoms with E-state index in [4.69, 9.17) is 5.73 Å². The molecule has 6 aromatic rings. The number of nitrogens with two attached hydrogens (primary N) is 1. The van der Waals surface area contributed by atoms with Crippen LogP contribution in [0.1, 0.15) is 58.1 Å². The molecule has 2 amide bonds. The van der Waals surface area contributed by atoms with Crippen molar-refractivity contribution in [1.29, 1.82) is 0 Å². The third-order valence-corrected chi connectivity index (χ3v) is 11.0. The number of carboxylic acids is 2. The zero-order chi connectivity index (χ0) is 42.4. The first-order valence-corrected chi connectivity index (χ1v) is 19.9. The largest absolute Gasteiger partial charge is 1.00 e. The molecular formula is C41H26N4Na2O12S2. The van der Waals surface area contributed by atoms with E-state index in [1.165, 1.54) is 12.1 Å². The summed E-state index contributed by atoms with van der Waals surface area (Å²) >= 11 is 0. The van der Waals surface area contributed by atoms with Crippen molar-refractivity contribution in [2.24, 2.45) is 10.2 Å². The summed E-state index contributed by atoms with van der Waals surface area (Å²) in [5.41, 5.74) is 8.33. The Morgan fingerprint density at radius 3 is 1.61 bits per heavy atom.